The van der Waals surface area contributed by atoms with Crippen LogP contribution in [0.5, 0.6) is 0 Å². The van der Waals surface area contributed by atoms with E-state index in [0.29, 0.717) is 5.92 Å². The Labute approximate surface area is 78.7 Å². The molecule has 1 aliphatic heterocycles. The van der Waals surface area contributed by atoms with Gasteiger partial charge in [0.25, 0.3) is 0 Å². The molecular formula is C10H16N2O. The van der Waals surface area contributed by atoms with Crippen LogP contribution in [-0.2, 0) is 24.8 Å². The second kappa shape index (κ2) is 3.14. The van der Waals surface area contributed by atoms with Gasteiger partial charge in [0.15, 0.2) is 0 Å². The molecule has 0 aromatic carbocycles. The SMILES string of the molecule is CC(C)c1c2c(nn1C)CCOC2. The Morgan fingerprint density at radius 3 is 2.92 bits per heavy atom. The lowest BCUT2D eigenvalue weighted by atomic mass is 10.0. The molecule has 1 aliphatic rings. The van der Waals surface area contributed by atoms with Crippen LogP contribution >= 0.6 is 0 Å². The molecule has 0 N–H and O–H groups in total. The molecule has 0 atom stereocenters. The van der Waals surface area contributed by atoms with Gasteiger partial charge >= 0.3 is 0 Å². The Kier molecular flexibility index (Phi) is 2.12. The monoisotopic (exact) mass is 180 g/mol. The average Bonchev–Trinajstić information content (AvgIpc) is 2.39. The molecule has 0 saturated heterocycles. The molecule has 0 aliphatic carbocycles. The van der Waals surface area contributed by atoms with Crippen LogP contribution in [0.3, 0.4) is 0 Å². The van der Waals surface area contributed by atoms with Gasteiger partial charge in [0.1, 0.15) is 0 Å². The molecule has 3 nitrogen and oxygen atoms in total. The third kappa shape index (κ3) is 1.37. The van der Waals surface area contributed by atoms with Crippen molar-refractivity contribution in [1.82, 2.24) is 9.78 Å². The second-order valence-corrected chi connectivity index (χ2v) is 3.89. The summed E-state index contributed by atoms with van der Waals surface area (Å²) in [5.41, 5.74) is 3.89. The zero-order valence-corrected chi connectivity index (χ0v) is 8.50. The maximum absolute atomic E-state index is 5.45. The van der Waals surface area contributed by atoms with Gasteiger partial charge in [-0.1, -0.05) is 13.8 Å². The summed E-state index contributed by atoms with van der Waals surface area (Å²) in [6.45, 7) is 5.97. The molecule has 0 spiro atoms. The summed E-state index contributed by atoms with van der Waals surface area (Å²) in [6.07, 6.45) is 0.968. The number of nitrogens with zero attached hydrogens (tertiary/aromatic N) is 2. The van der Waals surface area contributed by atoms with Crippen molar-refractivity contribution in [2.75, 3.05) is 6.61 Å². The molecule has 0 bridgehead atoms. The van der Waals surface area contributed by atoms with Crippen molar-refractivity contribution in [3.05, 3.63) is 17.0 Å². The summed E-state index contributed by atoms with van der Waals surface area (Å²) in [4.78, 5) is 0. The number of hydrogen-bond acceptors (Lipinski definition) is 2. The standard InChI is InChI=1S/C10H16N2O/c1-7(2)10-8-6-13-5-4-9(8)11-12(10)3/h7H,4-6H2,1-3H3. The van der Waals surface area contributed by atoms with Gasteiger partial charge in [-0.05, 0) is 5.92 Å². The smallest absolute Gasteiger partial charge is 0.0753 e. The lowest BCUT2D eigenvalue weighted by Crippen LogP contribution is -2.10. The topological polar surface area (TPSA) is 27.1 Å². The average molecular weight is 180 g/mol. The van der Waals surface area contributed by atoms with Crippen LogP contribution in [0.2, 0.25) is 0 Å². The predicted molar refractivity (Wildman–Crippen MR) is 50.7 cm³/mol. The van der Waals surface area contributed by atoms with E-state index in [2.05, 4.69) is 18.9 Å². The first kappa shape index (κ1) is 8.75. The quantitative estimate of drug-likeness (QED) is 0.656. The van der Waals surface area contributed by atoms with Crippen LogP contribution in [0.4, 0.5) is 0 Å². The fraction of sp³-hybridized carbons (Fsp3) is 0.700. The van der Waals surface area contributed by atoms with E-state index < -0.39 is 0 Å². The van der Waals surface area contributed by atoms with E-state index in [1.54, 1.807) is 0 Å². The first-order valence-electron chi connectivity index (χ1n) is 4.82. The van der Waals surface area contributed by atoms with Crippen LogP contribution in [0.15, 0.2) is 0 Å². The van der Waals surface area contributed by atoms with Crippen LogP contribution in [-0.4, -0.2) is 16.4 Å². The summed E-state index contributed by atoms with van der Waals surface area (Å²) < 4.78 is 7.45. The fourth-order valence-electron chi connectivity index (χ4n) is 2.06. The van der Waals surface area contributed by atoms with Crippen LogP contribution in [0, 0.1) is 0 Å². The van der Waals surface area contributed by atoms with Crippen molar-refractivity contribution in [2.45, 2.75) is 32.8 Å². The highest BCUT2D eigenvalue weighted by Gasteiger charge is 2.20. The van der Waals surface area contributed by atoms with Crippen molar-refractivity contribution in [3.63, 3.8) is 0 Å². The molecule has 0 saturated carbocycles. The number of aryl methyl sites for hydroxylation is 1. The second-order valence-electron chi connectivity index (χ2n) is 3.89. The molecule has 2 rings (SSSR count). The molecule has 0 amide bonds. The molecule has 1 aromatic heterocycles. The van der Waals surface area contributed by atoms with E-state index >= 15 is 0 Å². The minimum Gasteiger partial charge on any atom is -0.376 e. The molecular weight excluding hydrogens is 164 g/mol. The Balaban J connectivity index is 2.48. The van der Waals surface area contributed by atoms with Gasteiger partial charge in [-0.2, -0.15) is 5.10 Å². The summed E-state index contributed by atoms with van der Waals surface area (Å²) in [5, 5.41) is 4.51. The van der Waals surface area contributed by atoms with Crippen molar-refractivity contribution in [1.29, 1.82) is 0 Å². The van der Waals surface area contributed by atoms with E-state index in [-0.39, 0.29) is 0 Å². The summed E-state index contributed by atoms with van der Waals surface area (Å²) >= 11 is 0. The molecule has 0 unspecified atom stereocenters. The predicted octanol–water partition coefficient (Wildman–Crippen LogP) is 1.62. The van der Waals surface area contributed by atoms with Crippen LogP contribution in [0.1, 0.15) is 36.7 Å². The van der Waals surface area contributed by atoms with Crippen LogP contribution in [0.25, 0.3) is 0 Å². The van der Waals surface area contributed by atoms with Crippen molar-refractivity contribution >= 4 is 0 Å². The summed E-state index contributed by atoms with van der Waals surface area (Å²) in [6, 6.07) is 0. The van der Waals surface area contributed by atoms with Gasteiger partial charge in [0.05, 0.1) is 18.9 Å². The summed E-state index contributed by atoms with van der Waals surface area (Å²) in [7, 11) is 2.02. The molecule has 1 aromatic rings. The Morgan fingerprint density at radius 1 is 1.46 bits per heavy atom. The van der Waals surface area contributed by atoms with Crippen molar-refractivity contribution < 1.29 is 4.74 Å². The zero-order chi connectivity index (χ0) is 9.42. The fourth-order valence-corrected chi connectivity index (χ4v) is 2.06. The number of hydrogen-bond donors (Lipinski definition) is 0. The van der Waals surface area contributed by atoms with Gasteiger partial charge in [-0.25, -0.2) is 0 Å². The molecule has 0 fully saturated rings. The zero-order valence-electron chi connectivity index (χ0n) is 8.50. The third-order valence-electron chi connectivity index (χ3n) is 2.55. The van der Waals surface area contributed by atoms with Crippen LogP contribution < -0.4 is 0 Å². The number of ether oxygens (including phenoxy) is 1. The maximum atomic E-state index is 5.45. The highest BCUT2D eigenvalue weighted by Crippen LogP contribution is 2.25. The minimum atomic E-state index is 0.531. The van der Waals surface area contributed by atoms with Gasteiger partial charge in [-0.3, -0.25) is 4.68 Å². The Hall–Kier alpha value is -0.830. The first-order chi connectivity index (χ1) is 6.20. The number of aromatic nitrogens is 2. The molecule has 0 radical (unpaired) electrons. The number of fused-ring (bicyclic) bond motifs is 1. The lowest BCUT2D eigenvalue weighted by molar-refractivity contribution is 0.109. The largest absolute Gasteiger partial charge is 0.376 e. The number of rotatable bonds is 1. The molecule has 2 heterocycles. The molecule has 3 heteroatoms. The van der Waals surface area contributed by atoms with Gasteiger partial charge in [-0.15, -0.1) is 0 Å². The molecule has 72 valence electrons. The first-order valence-corrected chi connectivity index (χ1v) is 4.82. The third-order valence-corrected chi connectivity index (χ3v) is 2.55. The lowest BCUT2D eigenvalue weighted by Gasteiger charge is -2.14. The van der Waals surface area contributed by atoms with E-state index in [1.165, 1.54) is 17.0 Å². The maximum Gasteiger partial charge on any atom is 0.0753 e. The van der Waals surface area contributed by atoms with Crippen molar-refractivity contribution in [2.24, 2.45) is 7.05 Å². The van der Waals surface area contributed by atoms with Gasteiger partial charge < -0.3 is 4.74 Å². The Morgan fingerprint density at radius 2 is 2.23 bits per heavy atom. The van der Waals surface area contributed by atoms with E-state index in [0.717, 1.165) is 19.6 Å². The van der Waals surface area contributed by atoms with E-state index in [1.807, 2.05) is 11.7 Å². The van der Waals surface area contributed by atoms with Gasteiger partial charge in [0, 0.05) is 24.7 Å². The summed E-state index contributed by atoms with van der Waals surface area (Å²) in [5.74, 6) is 0.531. The highest BCUT2D eigenvalue weighted by molar-refractivity contribution is 5.29. The highest BCUT2D eigenvalue weighted by atomic mass is 16.5. The van der Waals surface area contributed by atoms with Crippen molar-refractivity contribution in [3.8, 4) is 0 Å². The van der Waals surface area contributed by atoms with E-state index in [9.17, 15) is 0 Å². The van der Waals surface area contributed by atoms with E-state index in [4.69, 9.17) is 4.74 Å². The van der Waals surface area contributed by atoms with Gasteiger partial charge in [0.2, 0.25) is 0 Å². The molecule has 13 heavy (non-hydrogen) atoms. The normalized spacial score (nSPS) is 16.3. The Bertz CT molecular complexity index is 315. The minimum absolute atomic E-state index is 0.531.